The lowest BCUT2D eigenvalue weighted by molar-refractivity contribution is 0.131. The van der Waals surface area contributed by atoms with Crippen molar-refractivity contribution >= 4 is 21.6 Å². The standard InChI is InChI=1S/C13H19BrFN3O/c14-10-7-12(16)13(17-8-10)19-6-2-5-18-4-1-3-11(15)9-18/h7-8,11H,1-6,9,16H2. The minimum atomic E-state index is -0.668. The number of halogens is 2. The highest BCUT2D eigenvalue weighted by molar-refractivity contribution is 9.10. The van der Waals surface area contributed by atoms with E-state index in [0.717, 1.165) is 30.4 Å². The van der Waals surface area contributed by atoms with Gasteiger partial charge in [-0.2, -0.15) is 0 Å². The largest absolute Gasteiger partial charge is 0.476 e. The van der Waals surface area contributed by atoms with Gasteiger partial charge in [-0.1, -0.05) is 0 Å². The quantitative estimate of drug-likeness (QED) is 0.842. The Morgan fingerprint density at radius 1 is 1.58 bits per heavy atom. The van der Waals surface area contributed by atoms with Crippen LogP contribution >= 0.6 is 15.9 Å². The zero-order valence-corrected chi connectivity index (χ0v) is 12.4. The normalized spacial score (nSPS) is 20.4. The van der Waals surface area contributed by atoms with Crippen LogP contribution in [0.5, 0.6) is 5.88 Å². The molecule has 106 valence electrons. The average Bonchev–Trinajstić information content (AvgIpc) is 2.37. The molecular formula is C13H19BrFN3O. The first-order valence-electron chi connectivity index (χ1n) is 6.55. The Morgan fingerprint density at radius 2 is 2.42 bits per heavy atom. The zero-order chi connectivity index (χ0) is 13.7. The molecule has 1 aliphatic heterocycles. The van der Waals surface area contributed by atoms with Crippen LogP contribution in [0.25, 0.3) is 0 Å². The van der Waals surface area contributed by atoms with E-state index in [0.29, 0.717) is 31.1 Å². The molecule has 1 aliphatic rings. The smallest absolute Gasteiger partial charge is 0.237 e. The lowest BCUT2D eigenvalue weighted by Crippen LogP contribution is -2.37. The van der Waals surface area contributed by atoms with E-state index in [1.807, 2.05) is 0 Å². The Morgan fingerprint density at radius 3 is 3.16 bits per heavy atom. The van der Waals surface area contributed by atoms with Crippen molar-refractivity contribution in [3.05, 3.63) is 16.7 Å². The molecule has 6 heteroatoms. The number of alkyl halides is 1. The summed E-state index contributed by atoms with van der Waals surface area (Å²) < 4.78 is 19.6. The van der Waals surface area contributed by atoms with Gasteiger partial charge >= 0.3 is 0 Å². The number of likely N-dealkylation sites (tertiary alicyclic amines) is 1. The van der Waals surface area contributed by atoms with Gasteiger partial charge in [0.15, 0.2) is 0 Å². The van der Waals surface area contributed by atoms with Gasteiger partial charge in [0.2, 0.25) is 5.88 Å². The van der Waals surface area contributed by atoms with E-state index in [-0.39, 0.29) is 0 Å². The second kappa shape index (κ2) is 7.05. The molecule has 1 aromatic rings. The molecule has 4 nitrogen and oxygen atoms in total. The summed E-state index contributed by atoms with van der Waals surface area (Å²) in [7, 11) is 0. The van der Waals surface area contributed by atoms with Gasteiger partial charge in [-0.15, -0.1) is 0 Å². The Kier molecular flexibility index (Phi) is 5.39. The number of ether oxygens (including phenoxy) is 1. The van der Waals surface area contributed by atoms with Crippen LogP contribution < -0.4 is 10.5 Å². The van der Waals surface area contributed by atoms with Crippen molar-refractivity contribution in [2.45, 2.75) is 25.4 Å². The minimum absolute atomic E-state index is 0.463. The maximum absolute atomic E-state index is 13.2. The average molecular weight is 332 g/mol. The molecule has 1 atom stereocenters. The molecule has 1 fully saturated rings. The number of hydrogen-bond donors (Lipinski definition) is 1. The second-order valence-corrected chi connectivity index (χ2v) is 5.71. The number of aromatic nitrogens is 1. The van der Waals surface area contributed by atoms with Gasteiger partial charge in [-0.05, 0) is 47.8 Å². The molecule has 2 rings (SSSR count). The van der Waals surface area contributed by atoms with E-state index >= 15 is 0 Å². The van der Waals surface area contributed by atoms with Crippen molar-refractivity contribution < 1.29 is 9.13 Å². The number of nitrogens with two attached hydrogens (primary N) is 1. The summed E-state index contributed by atoms with van der Waals surface area (Å²) in [5, 5.41) is 0. The first-order valence-corrected chi connectivity index (χ1v) is 7.34. The molecule has 2 heterocycles. The highest BCUT2D eigenvalue weighted by atomic mass is 79.9. The zero-order valence-electron chi connectivity index (χ0n) is 10.8. The Balaban J connectivity index is 1.69. The minimum Gasteiger partial charge on any atom is -0.476 e. The van der Waals surface area contributed by atoms with Crippen molar-refractivity contribution in [2.24, 2.45) is 0 Å². The van der Waals surface area contributed by atoms with Crippen molar-refractivity contribution in [3.63, 3.8) is 0 Å². The molecule has 0 aliphatic carbocycles. The van der Waals surface area contributed by atoms with Crippen LogP contribution in [0, 0.1) is 0 Å². The Bertz CT molecular complexity index is 419. The molecule has 1 unspecified atom stereocenters. The highest BCUT2D eigenvalue weighted by Crippen LogP contribution is 2.22. The molecule has 0 radical (unpaired) electrons. The van der Waals surface area contributed by atoms with Gasteiger partial charge in [-0.25, -0.2) is 9.37 Å². The lowest BCUT2D eigenvalue weighted by Gasteiger charge is -2.28. The van der Waals surface area contributed by atoms with Gasteiger partial charge in [0, 0.05) is 23.8 Å². The summed E-state index contributed by atoms with van der Waals surface area (Å²) >= 11 is 3.30. The van der Waals surface area contributed by atoms with Gasteiger partial charge in [0.25, 0.3) is 0 Å². The Labute approximate surface area is 121 Å². The summed E-state index contributed by atoms with van der Waals surface area (Å²) in [6.45, 7) is 2.95. The second-order valence-electron chi connectivity index (χ2n) is 4.79. The van der Waals surface area contributed by atoms with Crippen LogP contribution in [-0.4, -0.2) is 42.3 Å². The molecule has 0 spiro atoms. The van der Waals surface area contributed by atoms with E-state index in [4.69, 9.17) is 10.5 Å². The van der Waals surface area contributed by atoms with E-state index in [9.17, 15) is 4.39 Å². The molecule has 0 aromatic carbocycles. The lowest BCUT2D eigenvalue weighted by atomic mass is 10.1. The van der Waals surface area contributed by atoms with Crippen molar-refractivity contribution in [1.29, 1.82) is 0 Å². The van der Waals surface area contributed by atoms with Crippen LogP contribution in [0.1, 0.15) is 19.3 Å². The number of nitrogens with zero attached hydrogens (tertiary/aromatic N) is 2. The fourth-order valence-corrected chi connectivity index (χ4v) is 2.57. The molecule has 0 amide bonds. The van der Waals surface area contributed by atoms with E-state index in [1.54, 1.807) is 12.3 Å². The first-order chi connectivity index (χ1) is 9.15. The summed E-state index contributed by atoms with van der Waals surface area (Å²) in [6, 6.07) is 1.76. The Hall–Kier alpha value is -0.880. The van der Waals surface area contributed by atoms with Crippen molar-refractivity contribution in [2.75, 3.05) is 32.0 Å². The van der Waals surface area contributed by atoms with E-state index in [2.05, 4.69) is 25.8 Å². The number of rotatable bonds is 5. The van der Waals surface area contributed by atoms with Crippen molar-refractivity contribution in [3.8, 4) is 5.88 Å². The molecular weight excluding hydrogens is 313 g/mol. The first kappa shape index (κ1) is 14.5. The SMILES string of the molecule is Nc1cc(Br)cnc1OCCCN1CCCC(F)C1. The van der Waals surface area contributed by atoms with Crippen LogP contribution in [0.2, 0.25) is 0 Å². The fraction of sp³-hybridized carbons (Fsp3) is 0.615. The van der Waals surface area contributed by atoms with Gasteiger partial charge < -0.3 is 15.4 Å². The molecule has 1 aromatic heterocycles. The predicted octanol–water partition coefficient (Wildman–Crippen LogP) is 2.63. The van der Waals surface area contributed by atoms with Crippen LogP contribution in [0.3, 0.4) is 0 Å². The van der Waals surface area contributed by atoms with E-state index in [1.165, 1.54) is 0 Å². The fourth-order valence-electron chi connectivity index (χ4n) is 2.22. The van der Waals surface area contributed by atoms with Gasteiger partial charge in [0.05, 0.1) is 12.3 Å². The van der Waals surface area contributed by atoms with Crippen LogP contribution in [0.4, 0.5) is 10.1 Å². The monoisotopic (exact) mass is 331 g/mol. The van der Waals surface area contributed by atoms with Gasteiger partial charge in [-0.3, -0.25) is 0 Å². The maximum atomic E-state index is 13.2. The third-order valence-corrected chi connectivity index (χ3v) is 3.58. The molecule has 1 saturated heterocycles. The third-order valence-electron chi connectivity index (χ3n) is 3.15. The summed E-state index contributed by atoms with van der Waals surface area (Å²) in [6.07, 6.45) is 3.49. The summed E-state index contributed by atoms with van der Waals surface area (Å²) in [5.41, 5.74) is 6.31. The predicted molar refractivity (Wildman–Crippen MR) is 77.0 cm³/mol. The topological polar surface area (TPSA) is 51.4 Å². The van der Waals surface area contributed by atoms with Crippen LogP contribution in [0.15, 0.2) is 16.7 Å². The third kappa shape index (κ3) is 4.62. The number of piperidine rings is 1. The number of anilines is 1. The molecule has 2 N–H and O–H groups in total. The number of hydrogen-bond acceptors (Lipinski definition) is 4. The number of nitrogen functional groups attached to an aromatic ring is 1. The summed E-state index contributed by atoms with van der Waals surface area (Å²) in [5.74, 6) is 0.463. The number of pyridine rings is 1. The van der Waals surface area contributed by atoms with Crippen molar-refractivity contribution in [1.82, 2.24) is 9.88 Å². The maximum Gasteiger partial charge on any atom is 0.237 e. The summed E-state index contributed by atoms with van der Waals surface area (Å²) in [4.78, 5) is 6.26. The van der Waals surface area contributed by atoms with Gasteiger partial charge in [0.1, 0.15) is 6.17 Å². The van der Waals surface area contributed by atoms with Crippen LogP contribution in [-0.2, 0) is 0 Å². The van der Waals surface area contributed by atoms with E-state index < -0.39 is 6.17 Å². The molecule has 0 bridgehead atoms. The molecule has 0 saturated carbocycles. The highest BCUT2D eigenvalue weighted by Gasteiger charge is 2.18. The molecule has 19 heavy (non-hydrogen) atoms.